The summed E-state index contributed by atoms with van der Waals surface area (Å²) in [6.45, 7) is 1.55. The lowest BCUT2D eigenvalue weighted by Gasteiger charge is -2.11. The highest BCUT2D eigenvalue weighted by atomic mass is 35.5. The van der Waals surface area contributed by atoms with Crippen LogP contribution in [-0.4, -0.2) is 27.4 Å². The summed E-state index contributed by atoms with van der Waals surface area (Å²) in [5, 5.41) is 12.4. The van der Waals surface area contributed by atoms with Gasteiger partial charge in [-0.2, -0.15) is 0 Å². The number of hydrogen-bond acceptors (Lipinski definition) is 8. The van der Waals surface area contributed by atoms with E-state index in [0.29, 0.717) is 5.02 Å². The highest BCUT2D eigenvalue weighted by molar-refractivity contribution is 7.99. The lowest BCUT2D eigenvalue weighted by Crippen LogP contribution is -2.34. The predicted octanol–water partition coefficient (Wildman–Crippen LogP) is 4.67. The topological polar surface area (TPSA) is 119 Å². The van der Waals surface area contributed by atoms with E-state index in [2.05, 4.69) is 20.8 Å². The number of carbonyl (C=O) groups excluding carboxylic acids is 1. The van der Waals surface area contributed by atoms with Gasteiger partial charge in [0.15, 0.2) is 11.6 Å². The largest absolute Gasteiger partial charge is 0.482 e. The Labute approximate surface area is 191 Å². The van der Waals surface area contributed by atoms with E-state index in [9.17, 15) is 14.9 Å². The second-order valence-corrected chi connectivity index (χ2v) is 7.99. The Balaban J connectivity index is 1.67. The number of nitrogens with one attached hydrogen (secondary N) is 2. The average molecular weight is 480 g/mol. The Morgan fingerprint density at radius 3 is 2.61 bits per heavy atom. The minimum absolute atomic E-state index is 0.129. The number of nitro groups is 1. The number of anilines is 1. The van der Waals surface area contributed by atoms with Gasteiger partial charge in [0.1, 0.15) is 12.1 Å². The summed E-state index contributed by atoms with van der Waals surface area (Å²) in [5.74, 6) is -0.495. The molecule has 12 heteroatoms. The van der Waals surface area contributed by atoms with Crippen molar-refractivity contribution in [3.63, 3.8) is 0 Å². The molecule has 0 bridgehead atoms. The number of nitrogens with zero attached hydrogens (tertiary/aromatic N) is 3. The molecule has 0 atom stereocenters. The molecule has 0 spiro atoms. The van der Waals surface area contributed by atoms with Gasteiger partial charge >= 0.3 is 5.69 Å². The van der Waals surface area contributed by atoms with Crippen LogP contribution in [0.15, 0.2) is 58.7 Å². The van der Waals surface area contributed by atoms with E-state index < -0.39 is 17.4 Å². The summed E-state index contributed by atoms with van der Waals surface area (Å²) in [6, 6.07) is 12.0. The first-order valence-electron chi connectivity index (χ1n) is 8.70. The molecular weight excluding hydrogens is 465 g/mol. The molecule has 160 valence electrons. The van der Waals surface area contributed by atoms with Crippen LogP contribution in [0.2, 0.25) is 10.0 Å². The van der Waals surface area contributed by atoms with Gasteiger partial charge in [-0.25, -0.2) is 9.97 Å². The molecule has 1 heterocycles. The van der Waals surface area contributed by atoms with Crippen LogP contribution in [0.25, 0.3) is 0 Å². The fourth-order valence-corrected chi connectivity index (χ4v) is 3.64. The zero-order valence-electron chi connectivity index (χ0n) is 16.0. The van der Waals surface area contributed by atoms with Crippen LogP contribution in [0.3, 0.4) is 0 Å². The van der Waals surface area contributed by atoms with Crippen molar-refractivity contribution in [1.82, 2.24) is 15.4 Å². The summed E-state index contributed by atoms with van der Waals surface area (Å²) >= 11 is 12.9. The minimum atomic E-state index is -0.616. The highest BCUT2D eigenvalue weighted by Gasteiger charge is 2.24. The van der Waals surface area contributed by atoms with Crippen molar-refractivity contribution in [3.05, 3.63) is 74.5 Å². The first kappa shape index (κ1) is 22.6. The standard InChI is InChI=1S/C19H15Cl2N5O4S/c1-11-2-5-13(6-3-11)31-19-17(26(28)29)18(22-10-23-19)25-24-16(27)9-30-15-7-4-12(20)8-14(15)21/h2-8,10H,9H2,1H3,(H,24,27)(H,22,23,25). The van der Waals surface area contributed by atoms with Crippen molar-refractivity contribution in [1.29, 1.82) is 0 Å². The maximum Gasteiger partial charge on any atom is 0.345 e. The third-order valence-electron chi connectivity index (χ3n) is 3.78. The maximum atomic E-state index is 12.1. The molecular formula is C19H15Cl2N5O4S. The average Bonchev–Trinajstić information content (AvgIpc) is 2.73. The number of aromatic nitrogens is 2. The number of hydrazine groups is 1. The molecule has 3 rings (SSSR count). The Morgan fingerprint density at radius 2 is 1.94 bits per heavy atom. The molecule has 0 aliphatic carbocycles. The molecule has 3 aromatic rings. The highest BCUT2D eigenvalue weighted by Crippen LogP contribution is 2.36. The molecule has 2 aromatic carbocycles. The van der Waals surface area contributed by atoms with E-state index in [-0.39, 0.29) is 27.3 Å². The predicted molar refractivity (Wildman–Crippen MR) is 118 cm³/mol. The van der Waals surface area contributed by atoms with E-state index in [1.54, 1.807) is 6.07 Å². The van der Waals surface area contributed by atoms with Crippen LogP contribution < -0.4 is 15.6 Å². The van der Waals surface area contributed by atoms with E-state index in [4.69, 9.17) is 27.9 Å². The van der Waals surface area contributed by atoms with Gasteiger partial charge in [0.05, 0.1) is 9.95 Å². The molecule has 31 heavy (non-hydrogen) atoms. The second-order valence-electron chi connectivity index (χ2n) is 6.08. The van der Waals surface area contributed by atoms with Gasteiger partial charge < -0.3 is 4.74 Å². The van der Waals surface area contributed by atoms with Crippen molar-refractivity contribution < 1.29 is 14.5 Å². The van der Waals surface area contributed by atoms with Crippen molar-refractivity contribution in [2.45, 2.75) is 16.8 Å². The van der Waals surface area contributed by atoms with E-state index >= 15 is 0 Å². The Hall–Kier alpha value is -3.08. The molecule has 1 aromatic heterocycles. The van der Waals surface area contributed by atoms with Gasteiger partial charge in [-0.3, -0.25) is 25.8 Å². The van der Waals surface area contributed by atoms with Crippen LogP contribution in [0.4, 0.5) is 11.5 Å². The SMILES string of the molecule is Cc1ccc(Sc2ncnc(NNC(=O)COc3ccc(Cl)cc3Cl)c2[N+](=O)[O-])cc1. The number of ether oxygens (including phenoxy) is 1. The lowest BCUT2D eigenvalue weighted by atomic mass is 10.2. The molecule has 0 radical (unpaired) electrons. The number of rotatable bonds is 8. The molecule has 0 saturated heterocycles. The maximum absolute atomic E-state index is 12.1. The molecule has 0 saturated carbocycles. The quantitative estimate of drug-likeness (QED) is 0.271. The second kappa shape index (κ2) is 10.3. The Morgan fingerprint density at radius 1 is 1.19 bits per heavy atom. The summed E-state index contributed by atoms with van der Waals surface area (Å²) < 4.78 is 5.32. The van der Waals surface area contributed by atoms with Gasteiger partial charge in [-0.05, 0) is 37.3 Å². The van der Waals surface area contributed by atoms with Gasteiger partial charge in [0.25, 0.3) is 5.91 Å². The number of hydrogen-bond donors (Lipinski definition) is 2. The molecule has 0 aliphatic rings. The molecule has 2 N–H and O–H groups in total. The first-order valence-corrected chi connectivity index (χ1v) is 10.3. The van der Waals surface area contributed by atoms with Crippen LogP contribution in [-0.2, 0) is 4.79 Å². The third-order valence-corrected chi connectivity index (χ3v) is 5.31. The van der Waals surface area contributed by atoms with Gasteiger partial charge in [-0.15, -0.1) is 0 Å². The zero-order chi connectivity index (χ0) is 22.4. The van der Waals surface area contributed by atoms with E-state index in [1.165, 1.54) is 18.5 Å². The smallest absolute Gasteiger partial charge is 0.345 e. The van der Waals surface area contributed by atoms with Crippen molar-refractivity contribution in [3.8, 4) is 5.75 Å². The monoisotopic (exact) mass is 479 g/mol. The first-order chi connectivity index (χ1) is 14.8. The van der Waals surface area contributed by atoms with E-state index in [1.807, 2.05) is 31.2 Å². The van der Waals surface area contributed by atoms with Crippen molar-refractivity contribution in [2.75, 3.05) is 12.0 Å². The molecule has 1 amide bonds. The van der Waals surface area contributed by atoms with Crippen LogP contribution in [0, 0.1) is 17.0 Å². The Bertz CT molecular complexity index is 1110. The van der Waals surface area contributed by atoms with Crippen LogP contribution >= 0.6 is 35.0 Å². The van der Waals surface area contributed by atoms with Crippen molar-refractivity contribution in [2.24, 2.45) is 0 Å². The Kier molecular flexibility index (Phi) is 7.50. The van der Waals surface area contributed by atoms with E-state index in [0.717, 1.165) is 22.2 Å². The number of aryl methyl sites for hydroxylation is 1. The fourth-order valence-electron chi connectivity index (χ4n) is 2.31. The fraction of sp³-hybridized carbons (Fsp3) is 0.105. The number of amides is 1. The van der Waals surface area contributed by atoms with Crippen LogP contribution in [0.1, 0.15) is 5.56 Å². The molecule has 0 unspecified atom stereocenters. The summed E-state index contributed by atoms with van der Waals surface area (Å²) in [4.78, 5) is 31.7. The summed E-state index contributed by atoms with van der Waals surface area (Å²) in [5.41, 5.74) is 5.45. The summed E-state index contributed by atoms with van der Waals surface area (Å²) in [6.07, 6.45) is 1.17. The summed E-state index contributed by atoms with van der Waals surface area (Å²) in [7, 11) is 0. The normalized spacial score (nSPS) is 10.4. The zero-order valence-corrected chi connectivity index (χ0v) is 18.3. The van der Waals surface area contributed by atoms with Gasteiger partial charge in [-0.1, -0.05) is 52.7 Å². The number of benzene rings is 2. The third kappa shape index (κ3) is 6.20. The number of carbonyl (C=O) groups is 1. The molecule has 0 aliphatic heterocycles. The minimum Gasteiger partial charge on any atom is -0.482 e. The van der Waals surface area contributed by atoms with Crippen molar-refractivity contribution >= 4 is 52.4 Å². The molecule has 9 nitrogen and oxygen atoms in total. The molecule has 0 fully saturated rings. The lowest BCUT2D eigenvalue weighted by molar-refractivity contribution is -0.387. The van der Waals surface area contributed by atoms with Gasteiger partial charge in [0.2, 0.25) is 5.82 Å². The van der Waals surface area contributed by atoms with Gasteiger partial charge in [0, 0.05) is 9.92 Å². The van der Waals surface area contributed by atoms with Crippen LogP contribution in [0.5, 0.6) is 5.75 Å². The number of halogens is 2.